The van der Waals surface area contributed by atoms with E-state index in [2.05, 4.69) is 17.1 Å². The predicted molar refractivity (Wildman–Crippen MR) is 71.5 cm³/mol. The predicted octanol–water partition coefficient (Wildman–Crippen LogP) is 1.11. The fourth-order valence-corrected chi connectivity index (χ4v) is 4.00. The van der Waals surface area contributed by atoms with Crippen LogP contribution in [0.2, 0.25) is 0 Å². The summed E-state index contributed by atoms with van der Waals surface area (Å²) in [6.45, 7) is 8.34. The van der Waals surface area contributed by atoms with E-state index in [1.54, 1.807) is 0 Å². The summed E-state index contributed by atoms with van der Waals surface area (Å²) >= 11 is 0. The molecule has 1 aliphatic carbocycles. The standard InChI is InChI=1S/C13H24N2O.ClH/c1-13(4-5-14-8-13)9-15-6-10-2-3-12(16)11(10)7-15;/h10-12,14,16H,2-9H2,1H3;1H. The van der Waals surface area contributed by atoms with Gasteiger partial charge in [-0.25, -0.2) is 0 Å². The van der Waals surface area contributed by atoms with E-state index >= 15 is 0 Å². The van der Waals surface area contributed by atoms with Crippen LogP contribution >= 0.6 is 12.4 Å². The van der Waals surface area contributed by atoms with Gasteiger partial charge in [0.1, 0.15) is 0 Å². The summed E-state index contributed by atoms with van der Waals surface area (Å²) in [5, 5.41) is 13.4. The van der Waals surface area contributed by atoms with Gasteiger partial charge in [0.2, 0.25) is 0 Å². The molecule has 4 atom stereocenters. The first kappa shape index (κ1) is 13.6. The van der Waals surface area contributed by atoms with Gasteiger partial charge in [-0.2, -0.15) is 0 Å². The van der Waals surface area contributed by atoms with Crippen molar-refractivity contribution in [1.82, 2.24) is 10.2 Å². The zero-order valence-corrected chi connectivity index (χ0v) is 11.5. The number of nitrogens with one attached hydrogen (secondary N) is 1. The molecule has 3 fully saturated rings. The third-order valence-electron chi connectivity index (χ3n) is 4.96. The number of aliphatic hydroxyl groups excluding tert-OH is 1. The summed E-state index contributed by atoms with van der Waals surface area (Å²) in [5.41, 5.74) is 0.476. The largest absolute Gasteiger partial charge is 0.393 e. The van der Waals surface area contributed by atoms with Crippen molar-refractivity contribution in [3.05, 3.63) is 0 Å². The van der Waals surface area contributed by atoms with Crippen molar-refractivity contribution < 1.29 is 5.11 Å². The summed E-state index contributed by atoms with van der Waals surface area (Å²) in [6.07, 6.45) is 3.59. The number of fused-ring (bicyclic) bond motifs is 1. The molecule has 4 heteroatoms. The van der Waals surface area contributed by atoms with Crippen LogP contribution in [0.4, 0.5) is 0 Å². The highest BCUT2D eigenvalue weighted by Gasteiger charge is 2.43. The summed E-state index contributed by atoms with van der Waals surface area (Å²) in [7, 11) is 0. The molecule has 0 radical (unpaired) electrons. The van der Waals surface area contributed by atoms with E-state index in [-0.39, 0.29) is 18.5 Å². The monoisotopic (exact) mass is 260 g/mol. The van der Waals surface area contributed by atoms with Crippen molar-refractivity contribution in [2.75, 3.05) is 32.7 Å². The van der Waals surface area contributed by atoms with Crippen molar-refractivity contribution in [3.8, 4) is 0 Å². The lowest BCUT2D eigenvalue weighted by atomic mass is 9.89. The Hall–Kier alpha value is 0.170. The summed E-state index contributed by atoms with van der Waals surface area (Å²) in [5.74, 6) is 1.37. The van der Waals surface area contributed by atoms with Crippen molar-refractivity contribution in [2.24, 2.45) is 17.3 Å². The second-order valence-electron chi connectivity index (χ2n) is 6.50. The summed E-state index contributed by atoms with van der Waals surface area (Å²) in [4.78, 5) is 2.60. The number of rotatable bonds is 2. The SMILES string of the molecule is CC1(CN2CC3CCC(O)C3C2)CCNC1.Cl. The van der Waals surface area contributed by atoms with Crippen molar-refractivity contribution in [3.63, 3.8) is 0 Å². The third-order valence-corrected chi connectivity index (χ3v) is 4.96. The van der Waals surface area contributed by atoms with E-state index in [0.717, 1.165) is 18.9 Å². The Bertz CT molecular complexity index is 268. The van der Waals surface area contributed by atoms with Gasteiger partial charge < -0.3 is 15.3 Å². The van der Waals surface area contributed by atoms with Crippen LogP contribution in [0.25, 0.3) is 0 Å². The van der Waals surface area contributed by atoms with E-state index in [9.17, 15) is 5.11 Å². The van der Waals surface area contributed by atoms with Gasteiger partial charge in [-0.05, 0) is 37.1 Å². The molecule has 3 rings (SSSR count). The Labute approximate surface area is 110 Å². The van der Waals surface area contributed by atoms with Gasteiger partial charge in [-0.3, -0.25) is 0 Å². The molecule has 3 nitrogen and oxygen atoms in total. The molecule has 0 aromatic heterocycles. The number of halogens is 1. The molecule has 1 saturated carbocycles. The van der Waals surface area contributed by atoms with E-state index in [1.165, 1.54) is 39.0 Å². The lowest BCUT2D eigenvalue weighted by Crippen LogP contribution is -2.37. The average Bonchev–Trinajstić information content (AvgIpc) is 2.88. The van der Waals surface area contributed by atoms with Gasteiger partial charge in [-0.15, -0.1) is 12.4 Å². The van der Waals surface area contributed by atoms with Crippen LogP contribution in [0, 0.1) is 17.3 Å². The van der Waals surface area contributed by atoms with Gasteiger partial charge in [0.25, 0.3) is 0 Å². The Morgan fingerprint density at radius 1 is 1.35 bits per heavy atom. The minimum atomic E-state index is -0.00971. The molecule has 4 unspecified atom stereocenters. The first-order chi connectivity index (χ1) is 7.66. The maximum absolute atomic E-state index is 9.90. The molecule has 0 amide bonds. The van der Waals surface area contributed by atoms with Crippen molar-refractivity contribution in [2.45, 2.75) is 32.3 Å². The highest BCUT2D eigenvalue weighted by molar-refractivity contribution is 5.85. The van der Waals surface area contributed by atoms with E-state index in [4.69, 9.17) is 0 Å². The van der Waals surface area contributed by atoms with Crippen LogP contribution in [0.15, 0.2) is 0 Å². The van der Waals surface area contributed by atoms with Crippen LogP contribution in [-0.4, -0.2) is 48.8 Å². The van der Waals surface area contributed by atoms with E-state index < -0.39 is 0 Å². The minimum Gasteiger partial charge on any atom is -0.393 e. The van der Waals surface area contributed by atoms with Crippen LogP contribution in [0.3, 0.4) is 0 Å². The zero-order chi connectivity index (χ0) is 11.2. The quantitative estimate of drug-likeness (QED) is 0.781. The van der Waals surface area contributed by atoms with Gasteiger partial charge in [0, 0.05) is 32.1 Å². The average molecular weight is 261 g/mol. The fourth-order valence-electron chi connectivity index (χ4n) is 4.00. The molecule has 0 spiro atoms. The molecule has 2 saturated heterocycles. The molecule has 0 bridgehead atoms. The minimum absolute atomic E-state index is 0. The summed E-state index contributed by atoms with van der Waals surface area (Å²) in [6, 6.07) is 0. The Balaban J connectivity index is 0.00000108. The zero-order valence-electron chi connectivity index (χ0n) is 10.7. The lowest BCUT2D eigenvalue weighted by Gasteiger charge is -2.29. The van der Waals surface area contributed by atoms with Gasteiger partial charge >= 0.3 is 0 Å². The number of hydrogen-bond acceptors (Lipinski definition) is 3. The maximum Gasteiger partial charge on any atom is 0.0583 e. The Morgan fingerprint density at radius 2 is 2.18 bits per heavy atom. The molecular formula is C13H25ClN2O. The topological polar surface area (TPSA) is 35.5 Å². The van der Waals surface area contributed by atoms with Crippen LogP contribution in [0.5, 0.6) is 0 Å². The van der Waals surface area contributed by atoms with E-state index in [0.29, 0.717) is 11.3 Å². The van der Waals surface area contributed by atoms with Crippen LogP contribution in [-0.2, 0) is 0 Å². The van der Waals surface area contributed by atoms with E-state index in [1.807, 2.05) is 0 Å². The summed E-state index contributed by atoms with van der Waals surface area (Å²) < 4.78 is 0. The number of nitrogens with zero attached hydrogens (tertiary/aromatic N) is 1. The molecule has 3 aliphatic rings. The smallest absolute Gasteiger partial charge is 0.0583 e. The first-order valence-corrected chi connectivity index (χ1v) is 6.77. The molecule has 0 aromatic rings. The fraction of sp³-hybridized carbons (Fsp3) is 1.00. The molecule has 17 heavy (non-hydrogen) atoms. The molecular weight excluding hydrogens is 236 g/mol. The third kappa shape index (κ3) is 2.62. The van der Waals surface area contributed by atoms with Crippen molar-refractivity contribution in [1.29, 1.82) is 0 Å². The maximum atomic E-state index is 9.90. The van der Waals surface area contributed by atoms with Crippen LogP contribution in [0.1, 0.15) is 26.2 Å². The number of likely N-dealkylation sites (tertiary alicyclic amines) is 1. The second kappa shape index (κ2) is 5.04. The molecule has 0 aromatic carbocycles. The van der Waals surface area contributed by atoms with Gasteiger partial charge in [0.15, 0.2) is 0 Å². The lowest BCUT2D eigenvalue weighted by molar-refractivity contribution is 0.117. The molecule has 2 heterocycles. The first-order valence-electron chi connectivity index (χ1n) is 6.77. The Morgan fingerprint density at radius 3 is 2.82 bits per heavy atom. The number of aliphatic hydroxyl groups is 1. The molecule has 100 valence electrons. The van der Waals surface area contributed by atoms with Gasteiger partial charge in [0.05, 0.1) is 6.10 Å². The number of hydrogen-bond donors (Lipinski definition) is 2. The Kier molecular flexibility index (Phi) is 4.03. The molecule has 2 aliphatic heterocycles. The van der Waals surface area contributed by atoms with Crippen LogP contribution < -0.4 is 5.32 Å². The van der Waals surface area contributed by atoms with Gasteiger partial charge in [-0.1, -0.05) is 6.92 Å². The normalized spacial score (nSPS) is 45.9. The molecule has 2 N–H and O–H groups in total. The van der Waals surface area contributed by atoms with Crippen molar-refractivity contribution >= 4 is 12.4 Å². The highest BCUT2D eigenvalue weighted by Crippen LogP contribution is 2.39. The highest BCUT2D eigenvalue weighted by atomic mass is 35.5. The second-order valence-corrected chi connectivity index (χ2v) is 6.50.